The van der Waals surface area contributed by atoms with Gasteiger partial charge in [-0.25, -0.2) is 4.39 Å². The van der Waals surface area contributed by atoms with Crippen LogP contribution in [0.15, 0.2) is 42.5 Å². The van der Waals surface area contributed by atoms with E-state index in [1.54, 1.807) is 24.3 Å². The molecular weight excluding hydrogens is 371 g/mol. The fraction of sp³-hybridized carbons (Fsp3) is 0.381. The minimum absolute atomic E-state index is 0.0108. The molecule has 0 aromatic heterocycles. The number of nitrogens with one attached hydrogen (secondary N) is 1. The molecule has 0 amide bonds. The molecule has 3 rings (SSSR count). The normalized spacial score (nSPS) is 16.9. The van der Waals surface area contributed by atoms with Crippen molar-refractivity contribution in [1.82, 2.24) is 5.32 Å². The van der Waals surface area contributed by atoms with Gasteiger partial charge in [-0.2, -0.15) is 8.78 Å². The lowest BCUT2D eigenvalue weighted by Gasteiger charge is -2.24. The Morgan fingerprint density at radius 2 is 2.11 bits per heavy atom. The minimum atomic E-state index is -2.89. The number of rotatable bonds is 8. The third-order valence-electron chi connectivity index (χ3n) is 4.58. The first-order valence-corrected chi connectivity index (χ1v) is 9.17. The third-order valence-corrected chi connectivity index (χ3v) is 4.58. The molecule has 0 spiro atoms. The lowest BCUT2D eigenvalue weighted by molar-refractivity contribution is -0.118. The van der Waals surface area contributed by atoms with Crippen molar-refractivity contribution in [2.45, 2.75) is 32.0 Å². The molecular formula is C21H22F3NO3. The molecule has 1 saturated heterocycles. The monoisotopic (exact) mass is 393 g/mol. The van der Waals surface area contributed by atoms with E-state index in [2.05, 4.69) is 10.1 Å². The van der Waals surface area contributed by atoms with Gasteiger partial charge in [-0.1, -0.05) is 24.3 Å². The number of alkyl halides is 2. The van der Waals surface area contributed by atoms with Crippen LogP contribution in [0.2, 0.25) is 0 Å². The molecule has 1 N–H and O–H groups in total. The van der Waals surface area contributed by atoms with Gasteiger partial charge < -0.3 is 14.8 Å². The summed E-state index contributed by atoms with van der Waals surface area (Å²) in [6.07, 6.45) is 0.370. The number of ketones is 1. The van der Waals surface area contributed by atoms with Crippen LogP contribution in [0.25, 0.3) is 0 Å². The lowest BCUT2D eigenvalue weighted by atomic mass is 9.99. The number of carbonyl (C=O) groups excluding carboxylic acids is 1. The van der Waals surface area contributed by atoms with E-state index in [4.69, 9.17) is 4.74 Å². The highest BCUT2D eigenvalue weighted by Gasteiger charge is 2.18. The van der Waals surface area contributed by atoms with Crippen molar-refractivity contribution < 1.29 is 27.4 Å². The van der Waals surface area contributed by atoms with E-state index < -0.39 is 12.4 Å². The Labute approximate surface area is 161 Å². The maximum Gasteiger partial charge on any atom is 0.387 e. The average Bonchev–Trinajstić information content (AvgIpc) is 2.68. The summed E-state index contributed by atoms with van der Waals surface area (Å²) in [4.78, 5) is 12.2. The molecule has 1 aliphatic rings. The Kier molecular flexibility index (Phi) is 7.06. The van der Waals surface area contributed by atoms with Gasteiger partial charge in [0.2, 0.25) is 0 Å². The Hall–Kier alpha value is -2.38. The zero-order valence-electron chi connectivity index (χ0n) is 15.3. The molecule has 0 bridgehead atoms. The second kappa shape index (κ2) is 9.71. The van der Waals surface area contributed by atoms with Crippen LogP contribution in [0.4, 0.5) is 13.2 Å². The maximum absolute atomic E-state index is 14.4. The first kappa shape index (κ1) is 20.4. The number of benzene rings is 2. The summed E-state index contributed by atoms with van der Waals surface area (Å²) in [5, 5.41) is 3.19. The van der Waals surface area contributed by atoms with Gasteiger partial charge in [0.25, 0.3) is 0 Å². The molecule has 2 aromatic carbocycles. The number of hydrogen-bond donors (Lipinski definition) is 1. The fourth-order valence-corrected chi connectivity index (χ4v) is 3.15. The number of morpholine rings is 1. The van der Waals surface area contributed by atoms with Gasteiger partial charge >= 0.3 is 6.61 Å². The Morgan fingerprint density at radius 3 is 2.82 bits per heavy atom. The summed E-state index contributed by atoms with van der Waals surface area (Å²) in [6.45, 7) is -0.900. The predicted octanol–water partition coefficient (Wildman–Crippen LogP) is 3.83. The maximum atomic E-state index is 14.4. The molecule has 1 aliphatic heterocycles. The lowest BCUT2D eigenvalue weighted by Crippen LogP contribution is -2.33. The van der Waals surface area contributed by atoms with Crippen molar-refractivity contribution in [3.63, 3.8) is 0 Å². The van der Waals surface area contributed by atoms with Crippen molar-refractivity contribution in [3.8, 4) is 5.75 Å². The van der Waals surface area contributed by atoms with Crippen molar-refractivity contribution in [2.75, 3.05) is 19.7 Å². The van der Waals surface area contributed by atoms with E-state index in [1.165, 1.54) is 18.2 Å². The highest BCUT2D eigenvalue weighted by atomic mass is 19.3. The summed E-state index contributed by atoms with van der Waals surface area (Å²) in [6, 6.07) is 11.1. The molecule has 0 unspecified atom stereocenters. The van der Waals surface area contributed by atoms with E-state index in [1.807, 2.05) is 0 Å². The van der Waals surface area contributed by atoms with Crippen LogP contribution in [0, 0.1) is 5.82 Å². The number of aryl methyl sites for hydroxylation is 1. The summed E-state index contributed by atoms with van der Waals surface area (Å²) in [7, 11) is 0. The first-order chi connectivity index (χ1) is 13.5. The highest BCUT2D eigenvalue weighted by molar-refractivity contribution is 5.81. The van der Waals surface area contributed by atoms with Gasteiger partial charge in [0.15, 0.2) is 0 Å². The minimum Gasteiger partial charge on any atom is -0.435 e. The van der Waals surface area contributed by atoms with E-state index in [-0.39, 0.29) is 30.5 Å². The molecule has 4 nitrogen and oxygen atoms in total. The Bertz CT molecular complexity index is 807. The largest absolute Gasteiger partial charge is 0.435 e. The molecule has 2 aromatic rings. The zero-order chi connectivity index (χ0) is 19.9. The van der Waals surface area contributed by atoms with Crippen molar-refractivity contribution >= 4 is 5.78 Å². The van der Waals surface area contributed by atoms with Crippen LogP contribution in [0.5, 0.6) is 5.75 Å². The van der Waals surface area contributed by atoms with E-state index >= 15 is 0 Å². The first-order valence-electron chi connectivity index (χ1n) is 9.17. The summed E-state index contributed by atoms with van der Waals surface area (Å²) in [5.41, 5.74) is 1.80. The van der Waals surface area contributed by atoms with Crippen LogP contribution in [-0.2, 0) is 22.4 Å². The molecule has 7 heteroatoms. The highest BCUT2D eigenvalue weighted by Crippen LogP contribution is 2.22. The second-order valence-electron chi connectivity index (χ2n) is 6.66. The molecule has 150 valence electrons. The van der Waals surface area contributed by atoms with Gasteiger partial charge in [-0.05, 0) is 41.3 Å². The van der Waals surface area contributed by atoms with Crippen LogP contribution in [0.3, 0.4) is 0 Å². The number of Topliss-reactive ketones (excluding diaryl/α,β-unsaturated/α-hetero) is 1. The number of halogens is 3. The quantitative estimate of drug-likeness (QED) is 0.741. The fourth-order valence-electron chi connectivity index (χ4n) is 3.15. The van der Waals surface area contributed by atoms with Gasteiger partial charge in [-0.15, -0.1) is 0 Å². The van der Waals surface area contributed by atoms with Crippen LogP contribution < -0.4 is 10.1 Å². The zero-order valence-corrected chi connectivity index (χ0v) is 15.3. The number of carbonyl (C=O) groups is 1. The second-order valence-corrected chi connectivity index (χ2v) is 6.66. The summed E-state index contributed by atoms with van der Waals surface area (Å²) >= 11 is 0. The Balaban J connectivity index is 1.54. The smallest absolute Gasteiger partial charge is 0.387 e. The van der Waals surface area contributed by atoms with Gasteiger partial charge in [0, 0.05) is 25.9 Å². The molecule has 0 saturated carbocycles. The molecule has 0 radical (unpaired) electrons. The summed E-state index contributed by atoms with van der Waals surface area (Å²) in [5.74, 6) is -0.490. The Morgan fingerprint density at radius 1 is 1.25 bits per heavy atom. The summed E-state index contributed by atoms with van der Waals surface area (Å²) < 4.78 is 48.9. The topological polar surface area (TPSA) is 47.6 Å². The SMILES string of the molecule is O=C(CCc1cccc(OC(F)F)c1)Cc1ccc([C@H]2CNCCO2)cc1F. The van der Waals surface area contributed by atoms with Crippen molar-refractivity contribution in [1.29, 1.82) is 0 Å². The van der Waals surface area contributed by atoms with Crippen molar-refractivity contribution in [2.24, 2.45) is 0 Å². The van der Waals surface area contributed by atoms with E-state index in [0.29, 0.717) is 30.7 Å². The van der Waals surface area contributed by atoms with Gasteiger partial charge in [-0.3, -0.25) is 4.79 Å². The van der Waals surface area contributed by atoms with Gasteiger partial charge in [0.05, 0.1) is 12.7 Å². The average molecular weight is 393 g/mol. The van der Waals surface area contributed by atoms with Gasteiger partial charge in [0.1, 0.15) is 17.3 Å². The molecule has 1 heterocycles. The molecule has 28 heavy (non-hydrogen) atoms. The standard InChI is InChI=1S/C21H22F3NO3/c22-19-12-16(20-13-25-8-9-27-20)6-5-15(19)11-17(26)7-4-14-2-1-3-18(10-14)28-21(23)24/h1-3,5-6,10,12,20-21,25H,4,7-9,11,13H2/t20-/m1/s1. The molecule has 1 atom stereocenters. The number of hydrogen-bond acceptors (Lipinski definition) is 4. The van der Waals surface area contributed by atoms with Crippen LogP contribution in [0.1, 0.15) is 29.2 Å². The van der Waals surface area contributed by atoms with E-state index in [9.17, 15) is 18.0 Å². The predicted molar refractivity (Wildman–Crippen MR) is 98.1 cm³/mol. The van der Waals surface area contributed by atoms with Crippen molar-refractivity contribution in [3.05, 3.63) is 65.0 Å². The van der Waals surface area contributed by atoms with Crippen LogP contribution in [-0.4, -0.2) is 32.1 Å². The van der Waals surface area contributed by atoms with Crippen LogP contribution >= 0.6 is 0 Å². The molecule has 0 aliphatic carbocycles. The third kappa shape index (κ3) is 5.81. The van der Waals surface area contributed by atoms with E-state index in [0.717, 1.165) is 12.1 Å². The number of ether oxygens (including phenoxy) is 2. The molecule has 1 fully saturated rings.